The van der Waals surface area contributed by atoms with Crippen molar-refractivity contribution in [3.63, 3.8) is 0 Å². The van der Waals surface area contributed by atoms with Crippen LogP contribution in [-0.2, 0) is 4.79 Å². The van der Waals surface area contributed by atoms with E-state index < -0.39 is 0 Å². The Kier molecular flexibility index (Phi) is 3.90. The molecule has 0 aliphatic carbocycles. The molecular weight excluding hydrogens is 356 g/mol. The van der Waals surface area contributed by atoms with E-state index in [1.54, 1.807) is 16.7 Å². The molecule has 2 heterocycles. The highest BCUT2D eigenvalue weighted by atomic mass is 32.2. The van der Waals surface area contributed by atoms with Crippen molar-refractivity contribution >= 4 is 57.3 Å². The van der Waals surface area contributed by atoms with Gasteiger partial charge in [-0.15, -0.1) is 0 Å². The van der Waals surface area contributed by atoms with Gasteiger partial charge in [-0.25, -0.2) is 0 Å². The van der Waals surface area contributed by atoms with E-state index in [2.05, 4.69) is 17.0 Å². The molecule has 1 fully saturated rings. The first-order chi connectivity index (χ1) is 11.6. The molecule has 24 heavy (non-hydrogen) atoms. The summed E-state index contributed by atoms with van der Waals surface area (Å²) in [6.07, 6.45) is 0. The summed E-state index contributed by atoms with van der Waals surface area (Å²) >= 11 is 8.48. The quantitative estimate of drug-likeness (QED) is 0.531. The number of anilines is 2. The van der Waals surface area contributed by atoms with Crippen LogP contribution in [0.2, 0.25) is 0 Å². The zero-order chi connectivity index (χ0) is 16.8. The van der Waals surface area contributed by atoms with Crippen LogP contribution < -0.4 is 9.80 Å². The molecule has 0 spiro atoms. The third kappa shape index (κ3) is 2.46. The van der Waals surface area contributed by atoms with Gasteiger partial charge in [0.25, 0.3) is 5.91 Å². The molecule has 120 valence electrons. The van der Waals surface area contributed by atoms with Gasteiger partial charge < -0.3 is 4.90 Å². The summed E-state index contributed by atoms with van der Waals surface area (Å²) in [6, 6.07) is 16.0. The van der Waals surface area contributed by atoms with Crippen molar-refractivity contribution in [2.45, 2.75) is 11.8 Å². The average Bonchev–Trinajstić information content (AvgIpc) is 3.06. The fraction of sp³-hybridized carbons (Fsp3) is 0.111. The van der Waals surface area contributed by atoms with Crippen LogP contribution in [0.4, 0.5) is 11.4 Å². The van der Waals surface area contributed by atoms with Crippen LogP contribution in [0, 0.1) is 6.92 Å². The summed E-state index contributed by atoms with van der Waals surface area (Å²) in [5.74, 6) is -0.0454. The number of rotatable bonds is 1. The molecule has 0 radical (unpaired) electrons. The Hall–Kier alpha value is -1.76. The van der Waals surface area contributed by atoms with Crippen molar-refractivity contribution in [2.24, 2.45) is 0 Å². The number of thioether (sulfide) groups is 2. The molecule has 0 bridgehead atoms. The lowest BCUT2D eigenvalue weighted by molar-refractivity contribution is -0.113. The standard InChI is InChI=1S/C18H14N2OS3/c1-11-7-9-12(10-8-11)20-16(21)15(24-18(20)22)17-19(2)13-5-3-4-6-14(13)23-17/h3-10H,1-2H3. The molecule has 2 aromatic carbocycles. The first kappa shape index (κ1) is 15.7. The Bertz CT molecular complexity index is 889. The van der Waals surface area contributed by atoms with Gasteiger partial charge in [-0.3, -0.25) is 9.69 Å². The monoisotopic (exact) mass is 370 g/mol. The van der Waals surface area contributed by atoms with Crippen molar-refractivity contribution in [1.82, 2.24) is 0 Å². The van der Waals surface area contributed by atoms with Gasteiger partial charge in [-0.2, -0.15) is 0 Å². The molecule has 2 aromatic rings. The zero-order valence-corrected chi connectivity index (χ0v) is 15.6. The predicted molar refractivity (Wildman–Crippen MR) is 107 cm³/mol. The van der Waals surface area contributed by atoms with Crippen molar-refractivity contribution in [3.05, 3.63) is 64.0 Å². The molecule has 3 nitrogen and oxygen atoms in total. The van der Waals surface area contributed by atoms with E-state index in [9.17, 15) is 4.79 Å². The van der Waals surface area contributed by atoms with Crippen molar-refractivity contribution in [3.8, 4) is 0 Å². The van der Waals surface area contributed by atoms with Crippen molar-refractivity contribution in [2.75, 3.05) is 16.8 Å². The van der Waals surface area contributed by atoms with Crippen LogP contribution in [0.1, 0.15) is 5.56 Å². The fourth-order valence-electron chi connectivity index (χ4n) is 2.71. The average molecular weight is 371 g/mol. The van der Waals surface area contributed by atoms with Gasteiger partial charge in [0.15, 0.2) is 4.32 Å². The van der Waals surface area contributed by atoms with E-state index in [-0.39, 0.29) is 5.91 Å². The number of para-hydroxylation sites is 1. The van der Waals surface area contributed by atoms with Crippen LogP contribution in [0.25, 0.3) is 0 Å². The highest BCUT2D eigenvalue weighted by Crippen LogP contribution is 2.50. The van der Waals surface area contributed by atoms with Gasteiger partial charge in [-0.1, -0.05) is 65.6 Å². The number of thiocarbonyl (C=S) groups is 1. The highest BCUT2D eigenvalue weighted by molar-refractivity contribution is 8.27. The lowest BCUT2D eigenvalue weighted by Crippen LogP contribution is -2.28. The van der Waals surface area contributed by atoms with E-state index in [4.69, 9.17) is 12.2 Å². The third-order valence-corrected chi connectivity index (χ3v) is 6.72. The van der Waals surface area contributed by atoms with Gasteiger partial charge in [0.05, 0.1) is 16.4 Å². The third-order valence-electron chi connectivity index (χ3n) is 3.99. The number of hydrogen-bond acceptors (Lipinski definition) is 5. The number of hydrogen-bond donors (Lipinski definition) is 0. The minimum Gasteiger partial charge on any atom is -0.337 e. The fourth-order valence-corrected chi connectivity index (χ4v) is 5.34. The van der Waals surface area contributed by atoms with Crippen molar-refractivity contribution < 1.29 is 4.79 Å². The number of amides is 1. The smallest absolute Gasteiger partial charge is 0.273 e. The number of benzene rings is 2. The second kappa shape index (κ2) is 5.95. The molecule has 2 aliphatic heterocycles. The van der Waals surface area contributed by atoms with Gasteiger partial charge in [0.2, 0.25) is 0 Å². The van der Waals surface area contributed by atoms with E-state index in [0.717, 1.165) is 26.9 Å². The summed E-state index contributed by atoms with van der Waals surface area (Å²) in [6.45, 7) is 2.03. The Labute approximate surface area is 154 Å². The lowest BCUT2D eigenvalue weighted by atomic mass is 10.2. The van der Waals surface area contributed by atoms with Gasteiger partial charge in [0.1, 0.15) is 4.91 Å². The molecule has 0 atom stereocenters. The van der Waals surface area contributed by atoms with Gasteiger partial charge in [-0.05, 0) is 31.2 Å². The van der Waals surface area contributed by atoms with Crippen molar-refractivity contribution in [1.29, 1.82) is 0 Å². The molecule has 6 heteroatoms. The Morgan fingerprint density at radius 2 is 1.71 bits per heavy atom. The molecule has 0 unspecified atom stereocenters. The van der Waals surface area contributed by atoms with E-state index in [1.165, 1.54) is 11.8 Å². The Morgan fingerprint density at radius 3 is 2.42 bits per heavy atom. The minimum atomic E-state index is -0.0454. The van der Waals surface area contributed by atoms with Crippen LogP contribution in [0.5, 0.6) is 0 Å². The van der Waals surface area contributed by atoms with Crippen LogP contribution >= 0.6 is 35.7 Å². The first-order valence-electron chi connectivity index (χ1n) is 7.44. The minimum absolute atomic E-state index is 0.0454. The molecule has 4 rings (SSSR count). The number of carbonyl (C=O) groups excluding carboxylic acids is 1. The second-order valence-electron chi connectivity index (χ2n) is 5.61. The van der Waals surface area contributed by atoms with E-state index >= 15 is 0 Å². The summed E-state index contributed by atoms with van der Waals surface area (Å²) in [5, 5.41) is 0.947. The van der Waals surface area contributed by atoms with Crippen LogP contribution in [0.3, 0.4) is 0 Å². The van der Waals surface area contributed by atoms with Gasteiger partial charge >= 0.3 is 0 Å². The maximum absolute atomic E-state index is 13.0. The maximum Gasteiger partial charge on any atom is 0.273 e. The second-order valence-corrected chi connectivity index (χ2v) is 8.28. The molecule has 1 saturated heterocycles. The van der Waals surface area contributed by atoms with Gasteiger partial charge in [0, 0.05) is 11.9 Å². The summed E-state index contributed by atoms with van der Waals surface area (Å²) in [7, 11) is 1.99. The molecular formula is C18H14N2OS3. The molecule has 2 aliphatic rings. The number of nitrogens with zero attached hydrogens (tertiary/aromatic N) is 2. The van der Waals surface area contributed by atoms with E-state index in [0.29, 0.717) is 9.23 Å². The molecule has 0 saturated carbocycles. The molecule has 0 N–H and O–H groups in total. The Morgan fingerprint density at radius 1 is 1.00 bits per heavy atom. The summed E-state index contributed by atoms with van der Waals surface area (Å²) in [4.78, 5) is 18.6. The zero-order valence-electron chi connectivity index (χ0n) is 13.1. The number of fused-ring (bicyclic) bond motifs is 1. The first-order valence-corrected chi connectivity index (χ1v) is 9.48. The molecule has 1 amide bonds. The Balaban J connectivity index is 1.73. The summed E-state index contributed by atoms with van der Waals surface area (Å²) < 4.78 is 0.580. The van der Waals surface area contributed by atoms with Crippen LogP contribution in [-0.4, -0.2) is 17.3 Å². The number of aryl methyl sites for hydroxylation is 1. The highest BCUT2D eigenvalue weighted by Gasteiger charge is 2.38. The van der Waals surface area contributed by atoms with Crippen LogP contribution in [0.15, 0.2) is 63.4 Å². The maximum atomic E-state index is 13.0. The largest absolute Gasteiger partial charge is 0.337 e. The van der Waals surface area contributed by atoms with E-state index in [1.807, 2.05) is 50.4 Å². The SMILES string of the molecule is Cc1ccc(N2C(=O)C(=C3Sc4ccccc4N3C)SC2=S)cc1. The lowest BCUT2D eigenvalue weighted by Gasteiger charge is -2.16. The summed E-state index contributed by atoms with van der Waals surface area (Å²) in [5.41, 5.74) is 3.10. The topological polar surface area (TPSA) is 23.6 Å². The normalized spacial score (nSPS) is 20.1. The number of carbonyl (C=O) groups is 1. The molecule has 0 aromatic heterocycles. The predicted octanol–water partition coefficient (Wildman–Crippen LogP) is 4.77.